The molecule has 1 heterocycles. The van der Waals surface area contributed by atoms with Crippen molar-refractivity contribution in [3.63, 3.8) is 0 Å². The van der Waals surface area contributed by atoms with Gasteiger partial charge < -0.3 is 24.2 Å². The number of benzene rings is 1. The number of nitrogens with zero attached hydrogens (tertiary/aromatic N) is 1. The first-order valence-corrected chi connectivity index (χ1v) is 7.25. The molecule has 2 atom stereocenters. The average molecular weight is 295 g/mol. The highest BCUT2D eigenvalue weighted by Gasteiger charge is 2.28. The molecule has 0 bridgehead atoms. The highest BCUT2D eigenvalue weighted by atomic mass is 16.5. The maximum Gasteiger partial charge on any atom is 0.203 e. The first-order valence-electron chi connectivity index (χ1n) is 7.25. The van der Waals surface area contributed by atoms with Crippen molar-refractivity contribution in [3.8, 4) is 17.2 Å². The van der Waals surface area contributed by atoms with Crippen molar-refractivity contribution in [2.75, 3.05) is 41.5 Å². The second-order valence-electron chi connectivity index (χ2n) is 5.58. The van der Waals surface area contributed by atoms with Crippen LogP contribution in [0.5, 0.6) is 17.2 Å². The van der Waals surface area contributed by atoms with E-state index in [1.165, 1.54) is 0 Å². The van der Waals surface area contributed by atoms with Gasteiger partial charge in [-0.3, -0.25) is 0 Å². The highest BCUT2D eigenvalue weighted by molar-refractivity contribution is 5.55. The number of aliphatic hydroxyl groups is 1. The van der Waals surface area contributed by atoms with Gasteiger partial charge in [-0.25, -0.2) is 0 Å². The highest BCUT2D eigenvalue weighted by Crippen LogP contribution is 2.41. The summed E-state index contributed by atoms with van der Waals surface area (Å²) in [5, 5.41) is 10.2. The summed E-state index contributed by atoms with van der Waals surface area (Å²) in [5.74, 6) is 2.16. The normalized spacial score (nSPS) is 22.9. The molecule has 2 rings (SSSR count). The van der Waals surface area contributed by atoms with Crippen molar-refractivity contribution in [1.29, 1.82) is 0 Å². The van der Waals surface area contributed by atoms with Gasteiger partial charge in [0.05, 0.1) is 27.4 Å². The molecule has 1 aromatic carbocycles. The number of ether oxygens (including phenoxy) is 3. The molecular weight excluding hydrogens is 270 g/mol. The Kier molecular flexibility index (Phi) is 5.31. The minimum absolute atomic E-state index is 0.204. The lowest BCUT2D eigenvalue weighted by Gasteiger charge is -2.34. The van der Waals surface area contributed by atoms with Gasteiger partial charge in [-0.2, -0.15) is 0 Å². The summed E-state index contributed by atoms with van der Waals surface area (Å²) >= 11 is 0. The summed E-state index contributed by atoms with van der Waals surface area (Å²) in [6, 6.07) is 3.87. The Morgan fingerprint density at radius 3 is 2.48 bits per heavy atom. The molecule has 5 heteroatoms. The summed E-state index contributed by atoms with van der Waals surface area (Å²) in [5.41, 5.74) is 1.04. The van der Waals surface area contributed by atoms with Gasteiger partial charge in [0.15, 0.2) is 11.5 Å². The fourth-order valence-electron chi connectivity index (χ4n) is 3.01. The van der Waals surface area contributed by atoms with Gasteiger partial charge in [0.2, 0.25) is 5.75 Å². The molecule has 0 aliphatic carbocycles. The number of aliphatic hydroxyl groups excluding tert-OH is 1. The number of piperidine rings is 1. The van der Waals surface area contributed by atoms with Crippen LogP contribution in [0.3, 0.4) is 0 Å². The van der Waals surface area contributed by atoms with Gasteiger partial charge >= 0.3 is 0 Å². The first kappa shape index (κ1) is 15.9. The predicted molar refractivity (Wildman–Crippen MR) is 81.4 cm³/mol. The predicted octanol–water partition coefficient (Wildman–Crippen LogP) is 1.57. The molecular formula is C16H25NO4. The second-order valence-corrected chi connectivity index (χ2v) is 5.58. The maximum absolute atomic E-state index is 10.2. The van der Waals surface area contributed by atoms with E-state index in [0.717, 1.165) is 31.5 Å². The number of rotatable bonds is 5. The molecule has 1 fully saturated rings. The molecule has 1 aromatic rings. The topological polar surface area (TPSA) is 51.2 Å². The van der Waals surface area contributed by atoms with Crippen LogP contribution in [0.15, 0.2) is 12.1 Å². The van der Waals surface area contributed by atoms with E-state index in [9.17, 15) is 5.11 Å². The van der Waals surface area contributed by atoms with Crippen LogP contribution < -0.4 is 14.2 Å². The minimum Gasteiger partial charge on any atom is -0.493 e. The molecule has 0 aromatic heterocycles. The summed E-state index contributed by atoms with van der Waals surface area (Å²) in [6.45, 7) is 1.83. The molecule has 1 aliphatic heterocycles. The molecule has 1 N–H and O–H groups in total. The fourth-order valence-corrected chi connectivity index (χ4v) is 3.01. The molecule has 5 nitrogen and oxygen atoms in total. The van der Waals surface area contributed by atoms with E-state index in [2.05, 4.69) is 11.9 Å². The largest absolute Gasteiger partial charge is 0.493 e. The van der Waals surface area contributed by atoms with Gasteiger partial charge in [0.1, 0.15) is 0 Å². The van der Waals surface area contributed by atoms with Crippen molar-refractivity contribution in [2.45, 2.75) is 18.9 Å². The van der Waals surface area contributed by atoms with Gasteiger partial charge in [-0.1, -0.05) is 6.07 Å². The summed E-state index contributed by atoms with van der Waals surface area (Å²) < 4.78 is 16.2. The smallest absolute Gasteiger partial charge is 0.203 e. The van der Waals surface area contributed by atoms with Crippen LogP contribution in [0, 0.1) is 5.92 Å². The third-order valence-corrected chi connectivity index (χ3v) is 4.16. The van der Waals surface area contributed by atoms with E-state index < -0.39 is 0 Å². The lowest BCUT2D eigenvalue weighted by molar-refractivity contribution is 0.0363. The average Bonchev–Trinajstić information content (AvgIpc) is 2.50. The van der Waals surface area contributed by atoms with Crippen LogP contribution in [0.25, 0.3) is 0 Å². The Labute approximate surface area is 126 Å². The molecule has 0 amide bonds. The Balaban J connectivity index is 2.27. The van der Waals surface area contributed by atoms with E-state index >= 15 is 0 Å². The van der Waals surface area contributed by atoms with Crippen LogP contribution >= 0.6 is 0 Å². The Morgan fingerprint density at radius 2 is 1.86 bits per heavy atom. The SMILES string of the molecule is COc1ccc(C[C@@H]2CN(C)CC[C@H]2O)c(OC)c1OC. The van der Waals surface area contributed by atoms with Crippen LogP contribution in [-0.4, -0.2) is 57.6 Å². The van der Waals surface area contributed by atoms with Crippen LogP contribution in [-0.2, 0) is 6.42 Å². The molecule has 0 saturated carbocycles. The maximum atomic E-state index is 10.2. The molecule has 1 aliphatic rings. The number of hydrogen-bond acceptors (Lipinski definition) is 5. The number of methoxy groups -OCH3 is 3. The molecule has 0 radical (unpaired) electrons. The van der Waals surface area contributed by atoms with E-state index in [0.29, 0.717) is 17.2 Å². The fraction of sp³-hybridized carbons (Fsp3) is 0.625. The van der Waals surface area contributed by atoms with Crippen LogP contribution in [0.4, 0.5) is 0 Å². The van der Waals surface area contributed by atoms with Crippen molar-refractivity contribution in [1.82, 2.24) is 4.90 Å². The number of hydrogen-bond donors (Lipinski definition) is 1. The number of likely N-dealkylation sites (tertiary alicyclic amines) is 1. The lowest BCUT2D eigenvalue weighted by Crippen LogP contribution is -2.42. The van der Waals surface area contributed by atoms with E-state index in [-0.39, 0.29) is 12.0 Å². The van der Waals surface area contributed by atoms with E-state index in [1.54, 1.807) is 21.3 Å². The van der Waals surface area contributed by atoms with Crippen molar-refractivity contribution < 1.29 is 19.3 Å². The quantitative estimate of drug-likeness (QED) is 0.893. The standard InChI is InChI=1S/C16H25NO4/c1-17-8-7-13(18)12(10-17)9-11-5-6-14(19-2)16(21-4)15(11)20-3/h5-6,12-13,18H,7-10H2,1-4H3/t12-,13-/m1/s1. The van der Waals surface area contributed by atoms with Crippen LogP contribution in [0.2, 0.25) is 0 Å². The van der Waals surface area contributed by atoms with Gasteiger partial charge in [-0.05, 0) is 31.5 Å². The minimum atomic E-state index is -0.265. The second kappa shape index (κ2) is 7.00. The first-order chi connectivity index (χ1) is 10.1. The van der Waals surface area contributed by atoms with Crippen molar-refractivity contribution in [3.05, 3.63) is 17.7 Å². The monoisotopic (exact) mass is 295 g/mol. The molecule has 21 heavy (non-hydrogen) atoms. The van der Waals surface area contributed by atoms with Crippen molar-refractivity contribution >= 4 is 0 Å². The lowest BCUT2D eigenvalue weighted by atomic mass is 9.88. The zero-order valence-corrected chi connectivity index (χ0v) is 13.3. The van der Waals surface area contributed by atoms with E-state index in [1.807, 2.05) is 12.1 Å². The Morgan fingerprint density at radius 1 is 1.14 bits per heavy atom. The molecule has 1 saturated heterocycles. The summed E-state index contributed by atoms with van der Waals surface area (Å²) in [6.07, 6.45) is 1.31. The zero-order chi connectivity index (χ0) is 15.4. The van der Waals surface area contributed by atoms with Gasteiger partial charge in [0, 0.05) is 19.0 Å². The van der Waals surface area contributed by atoms with Crippen molar-refractivity contribution in [2.24, 2.45) is 5.92 Å². The van der Waals surface area contributed by atoms with Gasteiger partial charge in [-0.15, -0.1) is 0 Å². The third-order valence-electron chi connectivity index (χ3n) is 4.16. The van der Waals surface area contributed by atoms with Crippen LogP contribution in [0.1, 0.15) is 12.0 Å². The Bertz CT molecular complexity index is 478. The van der Waals surface area contributed by atoms with Gasteiger partial charge in [0.25, 0.3) is 0 Å². The summed E-state index contributed by atoms with van der Waals surface area (Å²) in [4.78, 5) is 2.25. The molecule has 0 unspecified atom stereocenters. The third kappa shape index (κ3) is 3.41. The molecule has 118 valence electrons. The summed E-state index contributed by atoms with van der Waals surface area (Å²) in [7, 11) is 6.93. The Hall–Kier alpha value is -1.46. The van der Waals surface area contributed by atoms with E-state index in [4.69, 9.17) is 14.2 Å². The molecule has 0 spiro atoms. The zero-order valence-electron chi connectivity index (χ0n) is 13.3.